The highest BCUT2D eigenvalue weighted by molar-refractivity contribution is 6.09. The maximum Gasteiger partial charge on any atom is 0.269 e. The predicted octanol–water partition coefficient (Wildman–Crippen LogP) is 20.2. The van der Waals surface area contributed by atoms with E-state index in [0.29, 0.717) is 33.8 Å². The zero-order valence-electron chi connectivity index (χ0n) is 65.5. The molecule has 5 heteroatoms. The van der Waals surface area contributed by atoms with Gasteiger partial charge in [0.15, 0.2) is 0 Å². The van der Waals surface area contributed by atoms with Crippen LogP contribution in [0.1, 0.15) is 104 Å². The maximum absolute atomic E-state index is 10.6. The quantitative estimate of drug-likeness (QED) is 0.101. The van der Waals surface area contributed by atoms with E-state index in [4.69, 9.17) is 22.1 Å². The van der Waals surface area contributed by atoms with Gasteiger partial charge in [0.25, 0.3) is 6.33 Å². The van der Waals surface area contributed by atoms with Gasteiger partial charge in [-0.25, -0.2) is 4.98 Å². The van der Waals surface area contributed by atoms with Gasteiger partial charge in [0.05, 0.1) is 58.1 Å². The normalized spacial score (nSPS) is 15.2. The van der Waals surface area contributed by atoms with E-state index in [0.717, 1.165) is 44.3 Å². The number of pyridine rings is 1. The number of para-hydroxylation sites is 3. The maximum atomic E-state index is 10.6. The van der Waals surface area contributed by atoms with Gasteiger partial charge in [-0.2, -0.15) is 0 Å². The molecule has 10 aromatic carbocycles. The van der Waals surface area contributed by atoms with Crippen molar-refractivity contribution in [1.82, 2.24) is 14.1 Å². The molecule has 0 radical (unpaired) electrons. The lowest BCUT2D eigenvalue weighted by atomic mass is 9.78. The fourth-order valence-corrected chi connectivity index (χ4v) is 10.6. The Labute approximate surface area is 513 Å². The second-order valence-electron chi connectivity index (χ2n) is 23.8. The number of imidazole rings is 1. The molecule has 13 aromatic rings. The van der Waals surface area contributed by atoms with Crippen LogP contribution in [0.2, 0.25) is 0 Å². The first-order valence-electron chi connectivity index (χ1n) is 36.5. The van der Waals surface area contributed by atoms with Crippen LogP contribution in [0.3, 0.4) is 0 Å². The summed E-state index contributed by atoms with van der Waals surface area (Å²) < 4.78 is 180. The van der Waals surface area contributed by atoms with Crippen molar-refractivity contribution in [1.29, 1.82) is 0 Å². The second-order valence-corrected chi connectivity index (χ2v) is 23.8. The molecule has 0 saturated heterocycles. The van der Waals surface area contributed by atoms with Crippen LogP contribution in [-0.2, 0) is 16.2 Å². The van der Waals surface area contributed by atoms with Gasteiger partial charge in [-0.3, -0.25) is 13.7 Å². The molecule has 0 spiro atoms. The number of nitrogens with zero attached hydrogens (tertiary/aromatic N) is 4. The molecule has 13 rings (SSSR count). The van der Waals surface area contributed by atoms with Gasteiger partial charge in [-0.1, -0.05) is 220 Å². The SMILES string of the molecule is [2H]c1c([2H])c([2H])c(-c2cc(-c3cc(C(C)(C)C)cc(C(C)(C)C)c3)c(-[n+]3[c-]n(-c4cccc(Oc5ccc6c7ccccc7n(-c7cc(C(C)(C)C)ccn7)c6c5)c4)c4ccccc43)c(-c3c([2H])c(-c4c([2H])c([2H])c([2H])c([2H])c4[2H])c([2H])c(-c4c([2H])c([2H])c([2H])c([2H])c4[2H])c3[2H])c2)c([2H])c1[2H]. The van der Waals surface area contributed by atoms with Crippen molar-refractivity contribution in [2.45, 2.75) is 78.6 Å². The van der Waals surface area contributed by atoms with Crippen LogP contribution in [0.25, 0.3) is 106 Å². The molecule has 5 nitrogen and oxygen atoms in total. The summed E-state index contributed by atoms with van der Waals surface area (Å²) in [5, 5.41) is 2.02. The fourth-order valence-electron chi connectivity index (χ4n) is 10.6. The molecule has 0 aliphatic rings. The summed E-state index contributed by atoms with van der Waals surface area (Å²) in [6.07, 6.45) is 5.45. The first-order valence-corrected chi connectivity index (χ1v) is 27.5. The standard InChI is InChI=1S/C78H68N4O/c1-76(2,3)60-38-39-79-74(48-60)82-70-33-20-19-32-66(70)67-37-36-65(50-73(67)82)83-64-31-23-30-63(49-64)80-51-81(72-35-22-21-34-71(72)80)75-68(58-41-55(52-24-13-10-14-25-52)40-56(42-58)53-26-15-11-16-27-53)45-57(54-28-17-12-18-29-54)46-69(75)59-43-61(77(4,5)6)47-62(44-59)78(7,8)9/h10-50H,1-9H3/i10D,11D,12D,13D,14D,15D,16D,17D,18D,24D,25D,26D,27D,28D,29D,40D,41D,42D. The molecule has 0 amide bonds. The van der Waals surface area contributed by atoms with Crippen LogP contribution < -0.4 is 9.30 Å². The zero-order valence-corrected chi connectivity index (χ0v) is 47.5. The van der Waals surface area contributed by atoms with Crippen molar-refractivity contribution in [3.63, 3.8) is 0 Å². The highest BCUT2D eigenvalue weighted by Crippen LogP contribution is 2.44. The van der Waals surface area contributed by atoms with Crippen molar-refractivity contribution < 1.29 is 34.0 Å². The van der Waals surface area contributed by atoms with E-state index >= 15 is 0 Å². The minimum atomic E-state index is -0.875. The van der Waals surface area contributed by atoms with Crippen molar-refractivity contribution in [2.24, 2.45) is 0 Å². The number of aromatic nitrogens is 4. The van der Waals surface area contributed by atoms with Crippen molar-refractivity contribution in [3.05, 3.63) is 271 Å². The van der Waals surface area contributed by atoms with E-state index in [9.17, 15) is 12.3 Å². The van der Waals surface area contributed by atoms with Crippen LogP contribution in [0.4, 0.5) is 0 Å². The van der Waals surface area contributed by atoms with Crippen molar-refractivity contribution in [3.8, 4) is 84.3 Å². The third-order valence-corrected chi connectivity index (χ3v) is 15.0. The molecule has 0 atom stereocenters. The van der Waals surface area contributed by atoms with Crippen molar-refractivity contribution >= 4 is 32.8 Å². The summed E-state index contributed by atoms with van der Waals surface area (Å²) in [4.78, 5) is 4.87. The molecule has 0 N–H and O–H groups in total. The lowest BCUT2D eigenvalue weighted by molar-refractivity contribution is -0.571. The highest BCUT2D eigenvalue weighted by Gasteiger charge is 2.27. The zero-order chi connectivity index (χ0) is 72.9. The average molecular weight is 1100 g/mol. The molecule has 3 heterocycles. The third-order valence-electron chi connectivity index (χ3n) is 15.0. The highest BCUT2D eigenvalue weighted by atomic mass is 16.5. The molecule has 0 aliphatic carbocycles. The monoisotopic (exact) mass is 1090 g/mol. The van der Waals surface area contributed by atoms with Gasteiger partial charge < -0.3 is 4.74 Å². The third kappa shape index (κ3) is 10.2. The van der Waals surface area contributed by atoms with Gasteiger partial charge in [-0.15, -0.1) is 0 Å². The van der Waals surface area contributed by atoms with Crippen LogP contribution in [-0.4, -0.2) is 14.1 Å². The molecule has 0 bridgehead atoms. The predicted molar refractivity (Wildman–Crippen MR) is 346 cm³/mol. The molecule has 0 unspecified atom stereocenters. The number of fused-ring (bicyclic) bond motifs is 4. The fraction of sp³-hybridized carbons (Fsp3) is 0.154. The first kappa shape index (κ1) is 36.0. The van der Waals surface area contributed by atoms with E-state index < -0.39 is 147 Å². The molecular weight excluding hydrogens is 1010 g/mol. The Morgan fingerprint density at radius 1 is 0.434 bits per heavy atom. The Morgan fingerprint density at radius 3 is 1.60 bits per heavy atom. The molecule has 83 heavy (non-hydrogen) atoms. The summed E-state index contributed by atoms with van der Waals surface area (Å²) in [6.45, 7) is 18.8. The molecule has 0 aliphatic heterocycles. The summed E-state index contributed by atoms with van der Waals surface area (Å²) in [5.74, 6) is 1.69. The Hall–Kier alpha value is -9.58. The van der Waals surface area contributed by atoms with Crippen LogP contribution >= 0.6 is 0 Å². The number of hydrogen-bond donors (Lipinski definition) is 0. The topological polar surface area (TPSA) is 35.9 Å². The smallest absolute Gasteiger partial charge is 0.269 e. The van der Waals surface area contributed by atoms with Gasteiger partial charge in [0, 0.05) is 23.0 Å². The molecule has 3 aromatic heterocycles. The largest absolute Gasteiger partial charge is 0.458 e. The van der Waals surface area contributed by atoms with E-state index in [2.05, 4.69) is 55.9 Å². The lowest BCUT2D eigenvalue weighted by Gasteiger charge is -2.27. The molecule has 0 fully saturated rings. The Kier molecular flexibility index (Phi) is 9.00. The van der Waals surface area contributed by atoms with Crippen LogP contribution in [0, 0.1) is 6.33 Å². The summed E-state index contributed by atoms with van der Waals surface area (Å²) in [5.41, 5.74) is 2.26. The van der Waals surface area contributed by atoms with Crippen LogP contribution in [0.15, 0.2) is 248 Å². The minimum absolute atomic E-state index is 0.0286. The summed E-state index contributed by atoms with van der Waals surface area (Å²) in [6, 6.07) is 27.9. The van der Waals surface area contributed by atoms with Gasteiger partial charge in [0.1, 0.15) is 17.3 Å². The van der Waals surface area contributed by atoms with E-state index in [-0.39, 0.29) is 33.4 Å². The van der Waals surface area contributed by atoms with Gasteiger partial charge in [-0.05, 0) is 167 Å². The number of rotatable bonds is 10. The first-order chi connectivity index (χ1) is 47.5. The van der Waals surface area contributed by atoms with Crippen LogP contribution in [0.5, 0.6) is 11.5 Å². The van der Waals surface area contributed by atoms with E-state index in [1.165, 1.54) is 6.07 Å². The molecule has 0 saturated carbocycles. The van der Waals surface area contributed by atoms with Crippen molar-refractivity contribution in [2.75, 3.05) is 0 Å². The molecule has 406 valence electrons. The van der Waals surface area contributed by atoms with Gasteiger partial charge >= 0.3 is 0 Å². The van der Waals surface area contributed by atoms with Gasteiger partial charge in [0.2, 0.25) is 0 Å². The molecular formula is C78H68N4O. The average Bonchev–Trinajstić information content (AvgIpc) is 1.33. The Morgan fingerprint density at radius 2 is 0.976 bits per heavy atom. The summed E-state index contributed by atoms with van der Waals surface area (Å²) >= 11 is 0. The van der Waals surface area contributed by atoms with E-state index in [1.54, 1.807) is 21.3 Å². The number of ether oxygens (including phenoxy) is 1. The Bertz CT molecular complexity index is 5480. The number of benzene rings is 10. The number of hydrogen-bond acceptors (Lipinski definition) is 2. The Balaban J connectivity index is 1.16. The van der Waals surface area contributed by atoms with E-state index in [1.807, 2.05) is 139 Å². The second kappa shape index (κ2) is 20.8. The lowest BCUT2D eigenvalue weighted by Crippen LogP contribution is -2.31. The summed E-state index contributed by atoms with van der Waals surface area (Å²) in [7, 11) is 0. The minimum Gasteiger partial charge on any atom is -0.458 e.